The number of hydrogen-bond donors (Lipinski definition) is 2. The third kappa shape index (κ3) is 5.36. The van der Waals surface area contributed by atoms with Gasteiger partial charge in [0.2, 0.25) is 5.91 Å². The molecule has 0 spiro atoms. The number of aryl methyl sites for hydroxylation is 1. The number of nitrogens with one attached hydrogen (secondary N) is 2. The number of hydrogen-bond acceptors (Lipinski definition) is 4. The quantitative estimate of drug-likeness (QED) is 0.422. The number of amides is 2. The highest BCUT2D eigenvalue weighted by Crippen LogP contribution is 2.34. The Balaban J connectivity index is 1.69. The van der Waals surface area contributed by atoms with Crippen molar-refractivity contribution in [1.82, 2.24) is 15.6 Å². The van der Waals surface area contributed by atoms with E-state index < -0.39 is 12.0 Å². The summed E-state index contributed by atoms with van der Waals surface area (Å²) in [6.07, 6.45) is 3.09. The summed E-state index contributed by atoms with van der Waals surface area (Å²) in [6.45, 7) is 2.33. The summed E-state index contributed by atoms with van der Waals surface area (Å²) < 4.78 is 5.67. The van der Waals surface area contributed by atoms with Gasteiger partial charge in [-0.2, -0.15) is 0 Å². The maximum absolute atomic E-state index is 13.6. The standard InChI is InChI=1S/C27H25N3O3/c1-19-10-5-6-13-21(19)24(27(32)29-18-20-11-3-2-4-12-20)25(23-15-9-17-33-23)30-26(31)22-14-7-8-16-28-22/h2-17,24-25H,18H2,1H3,(H,29,32)(H,30,31). The van der Waals surface area contributed by atoms with Crippen LogP contribution in [0.25, 0.3) is 0 Å². The molecule has 2 amide bonds. The van der Waals surface area contributed by atoms with Gasteiger partial charge in [0.05, 0.1) is 12.2 Å². The molecule has 0 aliphatic rings. The van der Waals surface area contributed by atoms with Gasteiger partial charge in [0.15, 0.2) is 0 Å². The molecule has 33 heavy (non-hydrogen) atoms. The Kier molecular flexibility index (Phi) is 6.95. The average Bonchev–Trinajstić information content (AvgIpc) is 3.39. The van der Waals surface area contributed by atoms with Crippen molar-refractivity contribution in [2.24, 2.45) is 0 Å². The molecule has 6 nitrogen and oxygen atoms in total. The number of furan rings is 1. The second-order valence-corrected chi connectivity index (χ2v) is 7.72. The first-order valence-electron chi connectivity index (χ1n) is 10.8. The zero-order chi connectivity index (χ0) is 23.0. The number of nitrogens with zero attached hydrogens (tertiary/aromatic N) is 1. The molecule has 0 aliphatic carbocycles. The van der Waals surface area contributed by atoms with Crippen LogP contribution in [0.2, 0.25) is 0 Å². The van der Waals surface area contributed by atoms with Crippen LogP contribution in [0.4, 0.5) is 0 Å². The minimum Gasteiger partial charge on any atom is -0.467 e. The number of rotatable bonds is 8. The predicted molar refractivity (Wildman–Crippen MR) is 125 cm³/mol. The summed E-state index contributed by atoms with van der Waals surface area (Å²) >= 11 is 0. The molecule has 0 aliphatic heterocycles. The van der Waals surface area contributed by atoms with Gasteiger partial charge in [-0.3, -0.25) is 14.6 Å². The molecule has 2 unspecified atom stereocenters. The largest absolute Gasteiger partial charge is 0.467 e. The lowest BCUT2D eigenvalue weighted by molar-refractivity contribution is -0.123. The second kappa shape index (κ2) is 10.4. The van der Waals surface area contributed by atoms with Crippen LogP contribution < -0.4 is 10.6 Å². The van der Waals surface area contributed by atoms with Gasteiger partial charge in [0.1, 0.15) is 17.5 Å². The molecular weight excluding hydrogens is 414 g/mol. The van der Waals surface area contributed by atoms with Gasteiger partial charge in [-0.25, -0.2) is 0 Å². The molecule has 2 N–H and O–H groups in total. The van der Waals surface area contributed by atoms with E-state index in [0.29, 0.717) is 12.3 Å². The molecule has 2 heterocycles. The van der Waals surface area contributed by atoms with Gasteiger partial charge in [-0.1, -0.05) is 60.7 Å². The lowest BCUT2D eigenvalue weighted by Crippen LogP contribution is -2.40. The van der Waals surface area contributed by atoms with E-state index in [9.17, 15) is 9.59 Å². The van der Waals surface area contributed by atoms with Crippen molar-refractivity contribution in [3.8, 4) is 0 Å². The van der Waals surface area contributed by atoms with E-state index in [1.54, 1.807) is 36.5 Å². The van der Waals surface area contributed by atoms with E-state index in [-0.39, 0.29) is 17.5 Å². The Morgan fingerprint density at radius 2 is 1.67 bits per heavy atom. The van der Waals surface area contributed by atoms with Crippen molar-refractivity contribution in [2.45, 2.75) is 25.4 Å². The van der Waals surface area contributed by atoms with Crippen LogP contribution in [0.15, 0.2) is 102 Å². The van der Waals surface area contributed by atoms with E-state index in [2.05, 4.69) is 15.6 Å². The highest BCUT2D eigenvalue weighted by molar-refractivity contribution is 5.93. The third-order valence-corrected chi connectivity index (χ3v) is 5.48. The molecule has 2 aromatic carbocycles. The Labute approximate surface area is 192 Å². The van der Waals surface area contributed by atoms with Crippen LogP contribution in [0.3, 0.4) is 0 Å². The highest BCUT2D eigenvalue weighted by Gasteiger charge is 2.35. The Hall–Kier alpha value is -4.19. The van der Waals surface area contributed by atoms with Crippen LogP contribution >= 0.6 is 0 Å². The SMILES string of the molecule is Cc1ccccc1C(C(=O)NCc1ccccc1)C(NC(=O)c1ccccn1)c1ccco1. The van der Waals surface area contributed by atoms with Gasteiger partial charge in [-0.15, -0.1) is 0 Å². The Morgan fingerprint density at radius 1 is 0.909 bits per heavy atom. The van der Waals surface area contributed by atoms with Gasteiger partial charge in [0, 0.05) is 12.7 Å². The van der Waals surface area contributed by atoms with E-state index >= 15 is 0 Å². The summed E-state index contributed by atoms with van der Waals surface area (Å²) in [5.74, 6) is -0.821. The molecule has 0 fully saturated rings. The minimum atomic E-state index is -0.730. The second-order valence-electron chi connectivity index (χ2n) is 7.72. The lowest BCUT2D eigenvalue weighted by Gasteiger charge is -2.27. The molecule has 4 rings (SSSR count). The predicted octanol–water partition coefficient (Wildman–Crippen LogP) is 4.55. The van der Waals surface area contributed by atoms with Crippen LogP contribution in [0.5, 0.6) is 0 Å². The number of pyridine rings is 1. The molecule has 2 atom stereocenters. The summed E-state index contributed by atoms with van der Waals surface area (Å²) in [4.78, 5) is 30.8. The van der Waals surface area contributed by atoms with E-state index in [1.165, 1.54) is 6.26 Å². The summed E-state index contributed by atoms with van der Waals surface area (Å²) in [5, 5.41) is 6.02. The fourth-order valence-electron chi connectivity index (χ4n) is 3.80. The van der Waals surface area contributed by atoms with E-state index in [1.807, 2.05) is 61.5 Å². The number of benzene rings is 2. The Morgan fingerprint density at radius 3 is 2.36 bits per heavy atom. The van der Waals surface area contributed by atoms with Crippen LogP contribution in [-0.2, 0) is 11.3 Å². The molecule has 4 aromatic rings. The minimum absolute atomic E-state index is 0.212. The smallest absolute Gasteiger partial charge is 0.270 e. The fourth-order valence-corrected chi connectivity index (χ4v) is 3.80. The first kappa shape index (κ1) is 22.0. The normalized spacial score (nSPS) is 12.5. The summed E-state index contributed by atoms with van der Waals surface area (Å²) in [5.41, 5.74) is 3.01. The zero-order valence-electron chi connectivity index (χ0n) is 18.3. The van der Waals surface area contributed by atoms with Gasteiger partial charge < -0.3 is 15.1 Å². The van der Waals surface area contributed by atoms with Gasteiger partial charge in [-0.05, 0) is 47.9 Å². The van der Waals surface area contributed by atoms with Gasteiger partial charge >= 0.3 is 0 Å². The van der Waals surface area contributed by atoms with Crippen molar-refractivity contribution in [3.05, 3.63) is 126 Å². The number of carbonyl (C=O) groups is 2. The fraction of sp³-hybridized carbons (Fsp3) is 0.148. The monoisotopic (exact) mass is 439 g/mol. The molecule has 0 saturated carbocycles. The summed E-state index contributed by atoms with van der Waals surface area (Å²) in [7, 11) is 0. The number of carbonyl (C=O) groups excluding carboxylic acids is 2. The number of aromatic nitrogens is 1. The first-order valence-corrected chi connectivity index (χ1v) is 10.8. The van der Waals surface area contributed by atoms with Crippen molar-refractivity contribution in [3.63, 3.8) is 0 Å². The molecule has 0 radical (unpaired) electrons. The molecule has 6 heteroatoms. The van der Waals surface area contributed by atoms with E-state index in [4.69, 9.17) is 4.42 Å². The van der Waals surface area contributed by atoms with Crippen LogP contribution in [0, 0.1) is 6.92 Å². The van der Waals surface area contributed by atoms with Crippen molar-refractivity contribution in [1.29, 1.82) is 0 Å². The van der Waals surface area contributed by atoms with Crippen molar-refractivity contribution < 1.29 is 14.0 Å². The van der Waals surface area contributed by atoms with Crippen LogP contribution in [0.1, 0.15) is 44.9 Å². The Bertz CT molecular complexity index is 1190. The lowest BCUT2D eigenvalue weighted by atomic mass is 9.86. The first-order chi connectivity index (χ1) is 16.1. The summed E-state index contributed by atoms with van der Waals surface area (Å²) in [6, 6.07) is 25.3. The maximum Gasteiger partial charge on any atom is 0.270 e. The third-order valence-electron chi connectivity index (χ3n) is 5.48. The van der Waals surface area contributed by atoms with Crippen molar-refractivity contribution >= 4 is 11.8 Å². The molecular formula is C27H25N3O3. The molecule has 2 aromatic heterocycles. The molecule has 0 saturated heterocycles. The topological polar surface area (TPSA) is 84.2 Å². The van der Waals surface area contributed by atoms with Crippen molar-refractivity contribution in [2.75, 3.05) is 0 Å². The zero-order valence-corrected chi connectivity index (χ0v) is 18.3. The van der Waals surface area contributed by atoms with E-state index in [0.717, 1.165) is 16.7 Å². The average molecular weight is 440 g/mol. The maximum atomic E-state index is 13.6. The molecule has 166 valence electrons. The van der Waals surface area contributed by atoms with Gasteiger partial charge in [0.25, 0.3) is 5.91 Å². The highest BCUT2D eigenvalue weighted by atomic mass is 16.3. The molecule has 0 bridgehead atoms. The van der Waals surface area contributed by atoms with Crippen LogP contribution in [-0.4, -0.2) is 16.8 Å².